The highest BCUT2D eigenvalue weighted by molar-refractivity contribution is 5.92. The molecule has 0 aliphatic carbocycles. The molecule has 0 bridgehead atoms. The number of carboxylic acid groups (broad SMARTS) is 1. The molecule has 0 spiro atoms. The molecule has 0 saturated carbocycles. The first-order valence-corrected chi connectivity index (χ1v) is 7.05. The van der Waals surface area contributed by atoms with Crippen LogP contribution in [0.25, 0.3) is 5.57 Å². The Morgan fingerprint density at radius 1 is 1.33 bits per heavy atom. The van der Waals surface area contributed by atoms with Crippen LogP contribution in [0.3, 0.4) is 0 Å². The Bertz CT molecular complexity index is 579. The molecular formula is C16H20N2O3. The van der Waals surface area contributed by atoms with E-state index in [2.05, 4.69) is 5.32 Å². The van der Waals surface area contributed by atoms with E-state index < -0.39 is 6.09 Å². The van der Waals surface area contributed by atoms with Crippen molar-refractivity contribution in [2.45, 2.75) is 20.3 Å². The van der Waals surface area contributed by atoms with Crippen LogP contribution >= 0.6 is 0 Å². The first-order valence-electron chi connectivity index (χ1n) is 7.05. The number of hydrogen-bond acceptors (Lipinski definition) is 2. The van der Waals surface area contributed by atoms with Crippen molar-refractivity contribution >= 4 is 23.3 Å². The van der Waals surface area contributed by atoms with Crippen molar-refractivity contribution in [2.24, 2.45) is 5.92 Å². The molecule has 0 fully saturated rings. The Labute approximate surface area is 124 Å². The highest BCUT2D eigenvalue weighted by Gasteiger charge is 2.17. The van der Waals surface area contributed by atoms with Crippen LogP contribution in [0.4, 0.5) is 10.5 Å². The van der Waals surface area contributed by atoms with Crippen molar-refractivity contribution in [1.29, 1.82) is 0 Å². The molecule has 1 aliphatic rings. The lowest BCUT2D eigenvalue weighted by atomic mass is 9.99. The second kappa shape index (κ2) is 6.43. The molecule has 21 heavy (non-hydrogen) atoms. The molecule has 5 heteroatoms. The minimum absolute atomic E-state index is 0.0122. The number of carbonyl (C=O) groups excluding carboxylic acids is 1. The largest absolute Gasteiger partial charge is 0.465 e. The molecule has 0 radical (unpaired) electrons. The fraction of sp³-hybridized carbons (Fsp3) is 0.375. The molecule has 1 aliphatic heterocycles. The highest BCUT2D eigenvalue weighted by Crippen LogP contribution is 2.24. The van der Waals surface area contributed by atoms with E-state index in [4.69, 9.17) is 5.11 Å². The Morgan fingerprint density at radius 3 is 2.67 bits per heavy atom. The summed E-state index contributed by atoms with van der Waals surface area (Å²) in [4.78, 5) is 24.0. The van der Waals surface area contributed by atoms with E-state index in [-0.39, 0.29) is 11.8 Å². The summed E-state index contributed by atoms with van der Waals surface area (Å²) in [6.45, 7) is 4.61. The van der Waals surface area contributed by atoms with Crippen LogP contribution in [-0.2, 0) is 4.79 Å². The van der Waals surface area contributed by atoms with Gasteiger partial charge in [0, 0.05) is 24.7 Å². The van der Waals surface area contributed by atoms with Crippen molar-refractivity contribution in [2.75, 3.05) is 18.4 Å². The van der Waals surface area contributed by atoms with E-state index in [1.165, 1.54) is 4.90 Å². The second-order valence-electron chi connectivity index (χ2n) is 5.43. The molecule has 112 valence electrons. The van der Waals surface area contributed by atoms with Crippen LogP contribution in [0.1, 0.15) is 25.8 Å². The first kappa shape index (κ1) is 15.1. The first-order chi connectivity index (χ1) is 9.97. The van der Waals surface area contributed by atoms with Crippen molar-refractivity contribution < 1.29 is 14.7 Å². The number of anilines is 1. The van der Waals surface area contributed by atoms with Crippen LogP contribution in [-0.4, -0.2) is 35.1 Å². The van der Waals surface area contributed by atoms with E-state index >= 15 is 0 Å². The third-order valence-corrected chi connectivity index (χ3v) is 3.50. The van der Waals surface area contributed by atoms with E-state index in [0.29, 0.717) is 19.5 Å². The lowest BCUT2D eigenvalue weighted by Crippen LogP contribution is -2.33. The third-order valence-electron chi connectivity index (χ3n) is 3.50. The molecule has 1 aromatic carbocycles. The minimum atomic E-state index is -0.886. The summed E-state index contributed by atoms with van der Waals surface area (Å²) in [5, 5.41) is 11.8. The molecule has 0 aromatic heterocycles. The van der Waals surface area contributed by atoms with Crippen LogP contribution < -0.4 is 5.32 Å². The average molecular weight is 288 g/mol. The summed E-state index contributed by atoms with van der Waals surface area (Å²) in [6, 6.07) is 7.67. The molecule has 0 saturated heterocycles. The number of amides is 2. The van der Waals surface area contributed by atoms with Gasteiger partial charge in [0.15, 0.2) is 0 Å². The fourth-order valence-corrected chi connectivity index (χ4v) is 2.19. The summed E-state index contributed by atoms with van der Waals surface area (Å²) in [7, 11) is 0. The molecule has 2 amide bonds. The summed E-state index contributed by atoms with van der Waals surface area (Å²) < 4.78 is 0. The van der Waals surface area contributed by atoms with Gasteiger partial charge in [0.2, 0.25) is 5.91 Å². The summed E-state index contributed by atoms with van der Waals surface area (Å²) in [6.07, 6.45) is 1.73. The predicted molar refractivity (Wildman–Crippen MR) is 82.1 cm³/mol. The molecule has 1 aromatic rings. The van der Waals surface area contributed by atoms with Crippen molar-refractivity contribution in [3.63, 3.8) is 0 Å². The Balaban J connectivity index is 2.11. The normalized spacial score (nSPS) is 14.8. The monoisotopic (exact) mass is 288 g/mol. The van der Waals surface area contributed by atoms with Gasteiger partial charge in [-0.25, -0.2) is 4.79 Å². The van der Waals surface area contributed by atoms with Gasteiger partial charge in [-0.05, 0) is 29.7 Å². The zero-order chi connectivity index (χ0) is 15.4. The van der Waals surface area contributed by atoms with Gasteiger partial charge >= 0.3 is 6.09 Å². The Morgan fingerprint density at radius 2 is 2.10 bits per heavy atom. The number of rotatable bonds is 3. The van der Waals surface area contributed by atoms with Crippen LogP contribution in [0.2, 0.25) is 0 Å². The topological polar surface area (TPSA) is 69.6 Å². The molecule has 0 atom stereocenters. The maximum Gasteiger partial charge on any atom is 0.407 e. The van der Waals surface area contributed by atoms with E-state index in [1.807, 2.05) is 44.2 Å². The van der Waals surface area contributed by atoms with Gasteiger partial charge in [-0.2, -0.15) is 0 Å². The standard InChI is InChI=1S/C16H20N2O3/c1-11(2)15(19)17-14-5-3-4-13(10-14)12-6-8-18(9-7-12)16(20)21/h3-6,10-11H,7-9H2,1-2H3,(H,17,19)(H,20,21). The van der Waals surface area contributed by atoms with Crippen LogP contribution in [0.15, 0.2) is 30.3 Å². The zero-order valence-electron chi connectivity index (χ0n) is 12.3. The van der Waals surface area contributed by atoms with E-state index in [0.717, 1.165) is 16.8 Å². The fourth-order valence-electron chi connectivity index (χ4n) is 2.19. The van der Waals surface area contributed by atoms with Gasteiger partial charge in [0.05, 0.1) is 0 Å². The summed E-state index contributed by atoms with van der Waals surface area (Å²) in [5.74, 6) is -0.0755. The molecule has 2 rings (SSSR count). The zero-order valence-corrected chi connectivity index (χ0v) is 12.3. The Hall–Kier alpha value is -2.30. The van der Waals surface area contributed by atoms with Crippen molar-refractivity contribution in [3.8, 4) is 0 Å². The van der Waals surface area contributed by atoms with E-state index in [9.17, 15) is 9.59 Å². The number of carbonyl (C=O) groups is 2. The SMILES string of the molecule is CC(C)C(=O)Nc1cccc(C2=CCN(C(=O)O)CC2)c1. The second-order valence-corrected chi connectivity index (χ2v) is 5.43. The maximum atomic E-state index is 11.7. The summed E-state index contributed by atoms with van der Waals surface area (Å²) >= 11 is 0. The van der Waals surface area contributed by atoms with Gasteiger partial charge in [-0.15, -0.1) is 0 Å². The third kappa shape index (κ3) is 3.84. The smallest absolute Gasteiger partial charge is 0.407 e. The predicted octanol–water partition coefficient (Wildman–Crippen LogP) is 3.05. The molecule has 2 N–H and O–H groups in total. The quantitative estimate of drug-likeness (QED) is 0.898. The lowest BCUT2D eigenvalue weighted by Gasteiger charge is -2.24. The maximum absolute atomic E-state index is 11.7. The minimum Gasteiger partial charge on any atom is -0.465 e. The number of nitrogens with one attached hydrogen (secondary N) is 1. The Kier molecular flexibility index (Phi) is 4.62. The average Bonchev–Trinajstić information content (AvgIpc) is 2.47. The van der Waals surface area contributed by atoms with Gasteiger partial charge in [-0.3, -0.25) is 4.79 Å². The van der Waals surface area contributed by atoms with Gasteiger partial charge in [-0.1, -0.05) is 32.1 Å². The molecule has 0 unspecified atom stereocenters. The van der Waals surface area contributed by atoms with Crippen molar-refractivity contribution in [3.05, 3.63) is 35.9 Å². The van der Waals surface area contributed by atoms with Gasteiger partial charge < -0.3 is 15.3 Å². The van der Waals surface area contributed by atoms with Crippen molar-refractivity contribution in [1.82, 2.24) is 4.90 Å². The number of benzene rings is 1. The molecule has 5 nitrogen and oxygen atoms in total. The number of hydrogen-bond donors (Lipinski definition) is 2. The molecule has 1 heterocycles. The van der Waals surface area contributed by atoms with E-state index in [1.54, 1.807) is 0 Å². The lowest BCUT2D eigenvalue weighted by molar-refractivity contribution is -0.118. The summed E-state index contributed by atoms with van der Waals surface area (Å²) in [5.41, 5.74) is 2.92. The van der Waals surface area contributed by atoms with Crippen LogP contribution in [0.5, 0.6) is 0 Å². The van der Waals surface area contributed by atoms with Gasteiger partial charge in [0.25, 0.3) is 0 Å². The number of nitrogens with zero attached hydrogens (tertiary/aromatic N) is 1. The van der Waals surface area contributed by atoms with Gasteiger partial charge in [0.1, 0.15) is 0 Å². The highest BCUT2D eigenvalue weighted by atomic mass is 16.4. The molecular weight excluding hydrogens is 268 g/mol. The van der Waals surface area contributed by atoms with Crippen LogP contribution in [0, 0.1) is 5.92 Å².